The second kappa shape index (κ2) is 6.79. The molecule has 4 nitrogen and oxygen atoms in total. The minimum atomic E-state index is 0.314. The fourth-order valence-corrected chi connectivity index (χ4v) is 4.09. The summed E-state index contributed by atoms with van der Waals surface area (Å²) in [6, 6.07) is 0.976. The first-order valence-electron chi connectivity index (χ1n) is 8.62. The minimum absolute atomic E-state index is 0.314. The zero-order valence-electron chi connectivity index (χ0n) is 12.6. The predicted molar refractivity (Wildman–Crippen MR) is 80.8 cm³/mol. The van der Waals surface area contributed by atoms with Gasteiger partial charge in [-0.25, -0.2) is 4.79 Å². The molecule has 2 unspecified atom stereocenters. The van der Waals surface area contributed by atoms with Gasteiger partial charge in [0.1, 0.15) is 0 Å². The molecule has 3 fully saturated rings. The first-order valence-corrected chi connectivity index (χ1v) is 8.62. The van der Waals surface area contributed by atoms with Gasteiger partial charge in [0.2, 0.25) is 0 Å². The molecule has 0 aliphatic carbocycles. The van der Waals surface area contributed by atoms with Gasteiger partial charge in [0, 0.05) is 32.2 Å². The molecule has 4 heteroatoms. The van der Waals surface area contributed by atoms with Crippen LogP contribution in [0.5, 0.6) is 0 Å². The number of rotatable bonds is 1. The zero-order chi connectivity index (χ0) is 13.8. The molecular formula is C16H29N3O. The topological polar surface area (TPSA) is 35.6 Å². The Hall–Kier alpha value is -0.770. The van der Waals surface area contributed by atoms with Crippen LogP contribution in [0.3, 0.4) is 0 Å². The van der Waals surface area contributed by atoms with Gasteiger partial charge < -0.3 is 15.1 Å². The van der Waals surface area contributed by atoms with Gasteiger partial charge in [-0.1, -0.05) is 12.8 Å². The molecule has 0 radical (unpaired) electrons. The van der Waals surface area contributed by atoms with Gasteiger partial charge in [0.15, 0.2) is 0 Å². The second-order valence-corrected chi connectivity index (χ2v) is 6.74. The van der Waals surface area contributed by atoms with Crippen molar-refractivity contribution in [3.8, 4) is 0 Å². The lowest BCUT2D eigenvalue weighted by atomic mass is 9.90. The summed E-state index contributed by atoms with van der Waals surface area (Å²) in [7, 11) is 0. The standard InChI is InChI=1S/C16H29N3O/c20-16(18-10-3-1-2-4-11-18)19-12-6-7-14(13-19)15-8-5-9-17-15/h14-15,17H,1-13H2. The molecule has 2 atom stereocenters. The molecule has 3 heterocycles. The van der Waals surface area contributed by atoms with Crippen molar-refractivity contribution in [2.24, 2.45) is 5.92 Å². The van der Waals surface area contributed by atoms with Crippen molar-refractivity contribution in [1.82, 2.24) is 15.1 Å². The average molecular weight is 279 g/mol. The Kier molecular flexibility index (Phi) is 4.81. The summed E-state index contributed by atoms with van der Waals surface area (Å²) in [6.45, 7) is 5.07. The third-order valence-corrected chi connectivity index (χ3v) is 5.27. The monoisotopic (exact) mass is 279 g/mol. The molecule has 3 saturated heterocycles. The van der Waals surface area contributed by atoms with Gasteiger partial charge in [-0.2, -0.15) is 0 Å². The average Bonchev–Trinajstić information content (AvgIpc) is 2.89. The Morgan fingerprint density at radius 1 is 0.850 bits per heavy atom. The highest BCUT2D eigenvalue weighted by Crippen LogP contribution is 2.25. The number of likely N-dealkylation sites (tertiary alicyclic amines) is 2. The molecule has 20 heavy (non-hydrogen) atoms. The predicted octanol–water partition coefficient (Wildman–Crippen LogP) is 2.45. The van der Waals surface area contributed by atoms with E-state index in [0.717, 1.165) is 26.2 Å². The molecule has 114 valence electrons. The van der Waals surface area contributed by atoms with E-state index in [0.29, 0.717) is 18.0 Å². The molecule has 3 aliphatic heterocycles. The third kappa shape index (κ3) is 3.27. The molecule has 0 aromatic rings. The van der Waals surface area contributed by atoms with Crippen molar-refractivity contribution < 1.29 is 4.79 Å². The van der Waals surface area contributed by atoms with E-state index in [-0.39, 0.29) is 0 Å². The maximum Gasteiger partial charge on any atom is 0.320 e. The normalized spacial score (nSPS) is 32.2. The quantitative estimate of drug-likeness (QED) is 0.800. The summed E-state index contributed by atoms with van der Waals surface area (Å²) in [5, 5.41) is 3.62. The van der Waals surface area contributed by atoms with E-state index in [1.165, 1.54) is 57.9 Å². The second-order valence-electron chi connectivity index (χ2n) is 6.74. The van der Waals surface area contributed by atoms with Crippen LogP contribution in [0.4, 0.5) is 4.79 Å². The summed E-state index contributed by atoms with van der Waals surface area (Å²) < 4.78 is 0. The number of nitrogens with zero attached hydrogens (tertiary/aromatic N) is 2. The fraction of sp³-hybridized carbons (Fsp3) is 0.938. The third-order valence-electron chi connectivity index (χ3n) is 5.27. The van der Waals surface area contributed by atoms with Gasteiger partial charge in [0.05, 0.1) is 0 Å². The number of carbonyl (C=O) groups excluding carboxylic acids is 1. The van der Waals surface area contributed by atoms with Gasteiger partial charge >= 0.3 is 6.03 Å². The van der Waals surface area contributed by atoms with E-state index >= 15 is 0 Å². The summed E-state index contributed by atoms with van der Waals surface area (Å²) in [6.07, 6.45) is 10.0. The van der Waals surface area contributed by atoms with E-state index in [1.807, 2.05) is 0 Å². The highest BCUT2D eigenvalue weighted by atomic mass is 16.2. The van der Waals surface area contributed by atoms with Crippen molar-refractivity contribution in [3.63, 3.8) is 0 Å². The Bertz CT molecular complexity index is 320. The van der Waals surface area contributed by atoms with Gasteiger partial charge in [0.25, 0.3) is 0 Å². The van der Waals surface area contributed by atoms with Crippen molar-refractivity contribution in [3.05, 3.63) is 0 Å². The summed E-state index contributed by atoms with van der Waals surface area (Å²) in [4.78, 5) is 16.9. The number of piperidine rings is 1. The lowest BCUT2D eigenvalue weighted by molar-refractivity contribution is 0.121. The number of urea groups is 1. The van der Waals surface area contributed by atoms with Crippen LogP contribution in [0.1, 0.15) is 51.4 Å². The maximum absolute atomic E-state index is 12.7. The number of nitrogens with one attached hydrogen (secondary N) is 1. The molecular weight excluding hydrogens is 250 g/mol. The summed E-state index contributed by atoms with van der Waals surface area (Å²) >= 11 is 0. The summed E-state index contributed by atoms with van der Waals surface area (Å²) in [5.74, 6) is 0.683. The van der Waals surface area contributed by atoms with Gasteiger partial charge in [-0.3, -0.25) is 0 Å². The SMILES string of the molecule is O=C(N1CCCCCC1)N1CCCC(C2CCCN2)C1. The van der Waals surface area contributed by atoms with Gasteiger partial charge in [-0.05, 0) is 51.0 Å². The van der Waals surface area contributed by atoms with Crippen molar-refractivity contribution in [2.45, 2.75) is 57.4 Å². The molecule has 1 N–H and O–H groups in total. The van der Waals surface area contributed by atoms with Crippen molar-refractivity contribution >= 4 is 6.03 Å². The Labute approximate surface area is 122 Å². The lowest BCUT2D eigenvalue weighted by Gasteiger charge is -2.38. The first-order chi connectivity index (χ1) is 9.84. The van der Waals surface area contributed by atoms with E-state index in [4.69, 9.17) is 0 Å². The maximum atomic E-state index is 12.7. The minimum Gasteiger partial charge on any atom is -0.325 e. The van der Waals surface area contributed by atoms with E-state index in [2.05, 4.69) is 15.1 Å². The molecule has 2 amide bonds. The molecule has 0 aromatic carbocycles. The Morgan fingerprint density at radius 3 is 2.30 bits per heavy atom. The smallest absolute Gasteiger partial charge is 0.320 e. The molecule has 0 spiro atoms. The van der Waals surface area contributed by atoms with Crippen LogP contribution in [0, 0.1) is 5.92 Å². The highest BCUT2D eigenvalue weighted by Gasteiger charge is 2.32. The Morgan fingerprint density at radius 2 is 1.60 bits per heavy atom. The van der Waals surface area contributed by atoms with E-state index < -0.39 is 0 Å². The number of hydrogen-bond donors (Lipinski definition) is 1. The molecule has 3 aliphatic rings. The zero-order valence-corrected chi connectivity index (χ0v) is 12.6. The number of amides is 2. The van der Waals surface area contributed by atoms with E-state index in [9.17, 15) is 4.79 Å². The fourth-order valence-electron chi connectivity index (χ4n) is 4.09. The highest BCUT2D eigenvalue weighted by molar-refractivity contribution is 5.74. The van der Waals surface area contributed by atoms with Crippen LogP contribution in [-0.2, 0) is 0 Å². The number of hydrogen-bond acceptors (Lipinski definition) is 2. The molecule has 0 bridgehead atoms. The lowest BCUT2D eigenvalue weighted by Crippen LogP contribution is -2.50. The molecule has 0 saturated carbocycles. The van der Waals surface area contributed by atoms with Crippen LogP contribution >= 0.6 is 0 Å². The van der Waals surface area contributed by atoms with Crippen LogP contribution in [-0.4, -0.2) is 54.6 Å². The molecule has 0 aromatic heterocycles. The van der Waals surface area contributed by atoms with E-state index in [1.54, 1.807) is 0 Å². The Balaban J connectivity index is 1.56. The van der Waals surface area contributed by atoms with Crippen LogP contribution in [0.15, 0.2) is 0 Å². The first kappa shape index (κ1) is 14.2. The van der Waals surface area contributed by atoms with Crippen molar-refractivity contribution in [1.29, 1.82) is 0 Å². The summed E-state index contributed by atoms with van der Waals surface area (Å²) in [5.41, 5.74) is 0. The van der Waals surface area contributed by atoms with Crippen LogP contribution in [0.2, 0.25) is 0 Å². The molecule has 3 rings (SSSR count). The van der Waals surface area contributed by atoms with Gasteiger partial charge in [-0.15, -0.1) is 0 Å². The van der Waals surface area contributed by atoms with Crippen molar-refractivity contribution in [2.75, 3.05) is 32.7 Å². The van der Waals surface area contributed by atoms with Crippen LogP contribution < -0.4 is 5.32 Å². The number of carbonyl (C=O) groups is 1. The van der Waals surface area contributed by atoms with Crippen LogP contribution in [0.25, 0.3) is 0 Å². The largest absolute Gasteiger partial charge is 0.325 e.